The van der Waals surface area contributed by atoms with Crippen LogP contribution in [0.25, 0.3) is 11.1 Å². The normalized spacial score (nSPS) is 16.0. The quantitative estimate of drug-likeness (QED) is 0.838. The Bertz CT molecular complexity index is 884. The molecule has 4 nitrogen and oxygen atoms in total. The lowest BCUT2D eigenvalue weighted by Crippen LogP contribution is -2.24. The van der Waals surface area contributed by atoms with Gasteiger partial charge in [-0.3, -0.25) is 4.72 Å². The Morgan fingerprint density at radius 1 is 1.16 bits per heavy atom. The molecule has 0 bridgehead atoms. The van der Waals surface area contributed by atoms with Crippen LogP contribution in [0.15, 0.2) is 36.4 Å². The van der Waals surface area contributed by atoms with E-state index >= 15 is 0 Å². The number of sulfonamides is 1. The molecule has 2 aromatic rings. The molecule has 6 heteroatoms. The SMILES string of the molecule is CC(C)(C)COc1ccc(-c2cc(Cl)cc3c2NS(=O)(=O)CC3)cc1. The summed E-state index contributed by atoms with van der Waals surface area (Å²) in [5, 5.41) is 0.600. The van der Waals surface area contributed by atoms with Crippen LogP contribution in [0.5, 0.6) is 5.75 Å². The van der Waals surface area contributed by atoms with Gasteiger partial charge in [0.2, 0.25) is 10.0 Å². The molecule has 0 aromatic heterocycles. The van der Waals surface area contributed by atoms with Gasteiger partial charge in [-0.25, -0.2) is 8.42 Å². The summed E-state index contributed by atoms with van der Waals surface area (Å²) in [7, 11) is -3.29. The van der Waals surface area contributed by atoms with Gasteiger partial charge in [-0.15, -0.1) is 0 Å². The Hall–Kier alpha value is -1.72. The van der Waals surface area contributed by atoms with Gasteiger partial charge in [-0.05, 0) is 47.2 Å². The third-order valence-corrected chi connectivity index (χ3v) is 5.39. The van der Waals surface area contributed by atoms with Gasteiger partial charge in [0.05, 0.1) is 18.0 Å². The highest BCUT2D eigenvalue weighted by molar-refractivity contribution is 7.92. The van der Waals surface area contributed by atoms with E-state index in [2.05, 4.69) is 25.5 Å². The summed E-state index contributed by atoms with van der Waals surface area (Å²) in [6, 6.07) is 11.2. The standard InChI is InChI=1S/C19H22ClNO3S/c1-19(2,3)12-24-16-6-4-13(5-7-16)17-11-15(20)10-14-8-9-25(22,23)21-18(14)17/h4-7,10-11,21H,8-9,12H2,1-3H3. The molecule has 134 valence electrons. The van der Waals surface area contributed by atoms with Crippen LogP contribution in [-0.2, 0) is 16.4 Å². The molecule has 1 aliphatic heterocycles. The number of fused-ring (bicyclic) bond motifs is 1. The van der Waals surface area contributed by atoms with E-state index in [0.717, 1.165) is 22.4 Å². The van der Waals surface area contributed by atoms with Gasteiger partial charge in [-0.2, -0.15) is 0 Å². The first-order chi connectivity index (χ1) is 11.6. The number of nitrogens with one attached hydrogen (secondary N) is 1. The lowest BCUT2D eigenvalue weighted by atomic mass is 9.98. The summed E-state index contributed by atoms with van der Waals surface area (Å²) in [4.78, 5) is 0. The predicted molar refractivity (Wildman–Crippen MR) is 103 cm³/mol. The molecule has 0 radical (unpaired) electrons. The fraction of sp³-hybridized carbons (Fsp3) is 0.368. The number of anilines is 1. The minimum atomic E-state index is -3.29. The summed E-state index contributed by atoms with van der Waals surface area (Å²) in [6.45, 7) is 6.97. The monoisotopic (exact) mass is 379 g/mol. The summed E-state index contributed by atoms with van der Waals surface area (Å²) in [6.07, 6.45) is 0.463. The van der Waals surface area contributed by atoms with Crippen LogP contribution in [0, 0.1) is 5.41 Å². The van der Waals surface area contributed by atoms with E-state index in [4.69, 9.17) is 16.3 Å². The lowest BCUT2D eigenvalue weighted by Gasteiger charge is -2.22. The number of halogens is 1. The van der Waals surface area contributed by atoms with E-state index in [0.29, 0.717) is 23.7 Å². The molecule has 0 amide bonds. The van der Waals surface area contributed by atoms with Gasteiger partial charge in [0.25, 0.3) is 0 Å². The summed E-state index contributed by atoms with van der Waals surface area (Å²) in [5.41, 5.74) is 3.31. The zero-order valence-corrected chi connectivity index (χ0v) is 16.2. The number of rotatable bonds is 3. The lowest BCUT2D eigenvalue weighted by molar-refractivity contribution is 0.198. The minimum absolute atomic E-state index is 0.0827. The van der Waals surface area contributed by atoms with Crippen LogP contribution < -0.4 is 9.46 Å². The first-order valence-corrected chi connectivity index (χ1v) is 10.2. The molecule has 0 fully saturated rings. The van der Waals surface area contributed by atoms with Gasteiger partial charge in [-0.1, -0.05) is 44.5 Å². The van der Waals surface area contributed by atoms with Crippen molar-refractivity contribution in [3.63, 3.8) is 0 Å². The average Bonchev–Trinajstić information content (AvgIpc) is 2.52. The smallest absolute Gasteiger partial charge is 0.233 e. The first-order valence-electron chi connectivity index (χ1n) is 8.19. The number of hydrogen-bond acceptors (Lipinski definition) is 3. The third kappa shape index (κ3) is 4.47. The highest BCUT2D eigenvalue weighted by atomic mass is 35.5. The molecule has 0 saturated heterocycles. The van der Waals surface area contributed by atoms with Crippen LogP contribution in [0.2, 0.25) is 5.02 Å². The molecule has 3 rings (SSSR count). The largest absolute Gasteiger partial charge is 0.493 e. The van der Waals surface area contributed by atoms with Crippen LogP contribution >= 0.6 is 11.6 Å². The number of benzene rings is 2. The van der Waals surface area contributed by atoms with Crippen LogP contribution in [0.4, 0.5) is 5.69 Å². The fourth-order valence-electron chi connectivity index (χ4n) is 2.69. The third-order valence-electron chi connectivity index (χ3n) is 3.92. The Morgan fingerprint density at radius 2 is 1.84 bits per heavy atom. The Morgan fingerprint density at radius 3 is 2.48 bits per heavy atom. The summed E-state index contributed by atoms with van der Waals surface area (Å²) < 4.78 is 32.4. The summed E-state index contributed by atoms with van der Waals surface area (Å²) in [5.74, 6) is 0.870. The van der Waals surface area contributed by atoms with Crippen LogP contribution in [-0.4, -0.2) is 20.8 Å². The zero-order valence-electron chi connectivity index (χ0n) is 14.6. The van der Waals surface area contributed by atoms with E-state index in [-0.39, 0.29) is 11.2 Å². The maximum Gasteiger partial charge on any atom is 0.233 e. The van der Waals surface area contributed by atoms with Crippen molar-refractivity contribution in [1.29, 1.82) is 0 Å². The minimum Gasteiger partial charge on any atom is -0.493 e. The van der Waals surface area contributed by atoms with E-state index in [9.17, 15) is 8.42 Å². The highest BCUT2D eigenvalue weighted by Gasteiger charge is 2.23. The first kappa shape index (κ1) is 18.1. The molecule has 2 aromatic carbocycles. The van der Waals surface area contributed by atoms with Gasteiger partial charge < -0.3 is 4.74 Å². The molecule has 0 aliphatic carbocycles. The molecule has 0 saturated carbocycles. The highest BCUT2D eigenvalue weighted by Crippen LogP contribution is 2.38. The number of ether oxygens (including phenoxy) is 1. The van der Waals surface area contributed by atoms with Crippen molar-refractivity contribution in [2.45, 2.75) is 27.2 Å². The van der Waals surface area contributed by atoms with Crippen molar-refractivity contribution < 1.29 is 13.2 Å². The Balaban J connectivity index is 1.93. The van der Waals surface area contributed by atoms with E-state index < -0.39 is 10.0 Å². The van der Waals surface area contributed by atoms with Crippen molar-refractivity contribution in [2.24, 2.45) is 5.41 Å². The van der Waals surface area contributed by atoms with Crippen LogP contribution in [0.3, 0.4) is 0 Å². The Kier molecular flexibility index (Phi) is 4.73. The van der Waals surface area contributed by atoms with Gasteiger partial charge in [0.15, 0.2) is 0 Å². The Labute approximate surface area is 154 Å². The van der Waals surface area contributed by atoms with Crippen molar-refractivity contribution >= 4 is 27.3 Å². The van der Waals surface area contributed by atoms with Gasteiger partial charge in [0.1, 0.15) is 5.75 Å². The molecular weight excluding hydrogens is 358 g/mol. The molecule has 0 spiro atoms. The van der Waals surface area contributed by atoms with E-state index in [1.165, 1.54) is 0 Å². The zero-order chi connectivity index (χ0) is 18.2. The van der Waals surface area contributed by atoms with E-state index in [1.54, 1.807) is 6.07 Å². The molecule has 1 aliphatic rings. The number of aryl methyl sites for hydroxylation is 1. The number of hydrogen-bond donors (Lipinski definition) is 1. The second-order valence-corrected chi connectivity index (χ2v) is 9.81. The van der Waals surface area contributed by atoms with Gasteiger partial charge >= 0.3 is 0 Å². The molecule has 1 heterocycles. The molecule has 25 heavy (non-hydrogen) atoms. The average molecular weight is 380 g/mol. The maximum absolute atomic E-state index is 12.0. The second-order valence-electron chi connectivity index (χ2n) is 7.53. The second kappa shape index (κ2) is 6.54. The molecule has 0 atom stereocenters. The molecule has 0 unspecified atom stereocenters. The van der Waals surface area contributed by atoms with Crippen molar-refractivity contribution in [1.82, 2.24) is 0 Å². The molecular formula is C19H22ClNO3S. The maximum atomic E-state index is 12.0. The van der Waals surface area contributed by atoms with Gasteiger partial charge in [0, 0.05) is 10.6 Å². The van der Waals surface area contributed by atoms with Crippen molar-refractivity contribution in [2.75, 3.05) is 17.1 Å². The predicted octanol–water partition coefficient (Wildman–Crippen LogP) is 4.73. The van der Waals surface area contributed by atoms with E-state index in [1.807, 2.05) is 30.3 Å². The summed E-state index contributed by atoms with van der Waals surface area (Å²) >= 11 is 6.23. The topological polar surface area (TPSA) is 55.4 Å². The van der Waals surface area contributed by atoms with Crippen molar-refractivity contribution in [3.8, 4) is 16.9 Å². The molecule has 1 N–H and O–H groups in total. The van der Waals surface area contributed by atoms with Crippen molar-refractivity contribution in [3.05, 3.63) is 47.0 Å². The van der Waals surface area contributed by atoms with Crippen LogP contribution in [0.1, 0.15) is 26.3 Å². The fourth-order valence-corrected chi connectivity index (χ4v) is 4.07.